The van der Waals surface area contributed by atoms with E-state index >= 15 is 0 Å². The van der Waals surface area contributed by atoms with Gasteiger partial charge in [-0.05, 0) is 46.6 Å². The van der Waals surface area contributed by atoms with E-state index in [1.54, 1.807) is 13.0 Å². The fourth-order valence-corrected chi connectivity index (χ4v) is 2.52. The third kappa shape index (κ3) is 3.09. The number of furan rings is 1. The molecule has 0 aliphatic carbocycles. The first-order valence-electron chi connectivity index (χ1n) is 5.47. The lowest BCUT2D eigenvalue weighted by molar-refractivity contribution is 0.102. The number of rotatable bonds is 3. The van der Waals surface area contributed by atoms with Crippen molar-refractivity contribution >= 4 is 37.5 Å². The Balaban J connectivity index is 2.34. The van der Waals surface area contributed by atoms with Crippen molar-refractivity contribution < 1.29 is 17.6 Å². The molecule has 0 atom stereocenters. The van der Waals surface area contributed by atoms with Gasteiger partial charge in [0.2, 0.25) is 10.0 Å². The summed E-state index contributed by atoms with van der Waals surface area (Å²) in [4.78, 5) is 12.0. The molecule has 0 saturated heterocycles. The number of halogens is 1. The van der Waals surface area contributed by atoms with Gasteiger partial charge in [0.25, 0.3) is 5.91 Å². The number of carbonyl (C=O) groups excluding carboxylic acids is 1. The summed E-state index contributed by atoms with van der Waals surface area (Å²) < 4.78 is 27.9. The molecule has 0 spiro atoms. The van der Waals surface area contributed by atoms with Crippen molar-refractivity contribution in [3.8, 4) is 0 Å². The number of nitrogens with one attached hydrogen (secondary N) is 1. The van der Waals surface area contributed by atoms with Gasteiger partial charge in [-0.3, -0.25) is 4.79 Å². The molecule has 0 aliphatic heterocycles. The fourth-order valence-electron chi connectivity index (χ4n) is 1.56. The van der Waals surface area contributed by atoms with E-state index in [2.05, 4.69) is 21.2 Å². The molecule has 1 amide bonds. The molecule has 0 fully saturated rings. The first kappa shape index (κ1) is 14.8. The van der Waals surface area contributed by atoms with Gasteiger partial charge in [-0.2, -0.15) is 0 Å². The Morgan fingerprint density at radius 3 is 2.60 bits per heavy atom. The summed E-state index contributed by atoms with van der Waals surface area (Å²) in [6.45, 7) is 1.74. The van der Waals surface area contributed by atoms with Crippen LogP contribution in [0, 0.1) is 6.92 Å². The van der Waals surface area contributed by atoms with Gasteiger partial charge in [-0.15, -0.1) is 0 Å². The highest BCUT2D eigenvalue weighted by Gasteiger charge is 2.15. The Hall–Kier alpha value is -1.64. The molecule has 6 nitrogen and oxygen atoms in total. The Kier molecular flexibility index (Phi) is 3.98. The minimum atomic E-state index is -3.82. The Morgan fingerprint density at radius 1 is 1.35 bits per heavy atom. The third-order valence-electron chi connectivity index (χ3n) is 2.65. The molecule has 0 bridgehead atoms. The van der Waals surface area contributed by atoms with Crippen LogP contribution in [0.4, 0.5) is 5.69 Å². The summed E-state index contributed by atoms with van der Waals surface area (Å²) in [5.74, 6) is -0.416. The molecule has 2 rings (SSSR count). The molecule has 0 saturated carbocycles. The molecule has 0 aliphatic rings. The van der Waals surface area contributed by atoms with Crippen LogP contribution >= 0.6 is 15.9 Å². The van der Waals surface area contributed by atoms with Crippen molar-refractivity contribution in [3.05, 3.63) is 46.3 Å². The molecule has 106 valence electrons. The Labute approximate surface area is 124 Å². The van der Waals surface area contributed by atoms with E-state index < -0.39 is 15.9 Å². The zero-order chi connectivity index (χ0) is 14.9. The molecule has 3 N–H and O–H groups in total. The number of hydrogen-bond donors (Lipinski definition) is 2. The van der Waals surface area contributed by atoms with Crippen LogP contribution in [-0.2, 0) is 10.0 Å². The molecule has 0 unspecified atom stereocenters. The van der Waals surface area contributed by atoms with Crippen LogP contribution in [0.1, 0.15) is 15.9 Å². The maximum absolute atomic E-state index is 12.0. The van der Waals surface area contributed by atoms with Gasteiger partial charge in [-0.1, -0.05) is 6.07 Å². The topological polar surface area (TPSA) is 102 Å². The summed E-state index contributed by atoms with van der Waals surface area (Å²) in [7, 11) is -3.82. The first-order chi connectivity index (χ1) is 9.29. The minimum Gasteiger partial charge on any atom is -0.457 e. The highest BCUT2D eigenvalue weighted by Crippen LogP contribution is 2.23. The fraction of sp³-hybridized carbons (Fsp3) is 0.0833. The molecule has 0 radical (unpaired) electrons. The lowest BCUT2D eigenvalue weighted by atomic mass is 10.2. The Bertz CT molecular complexity index is 768. The summed E-state index contributed by atoms with van der Waals surface area (Å²) in [6, 6.07) is 5.77. The molecule has 1 heterocycles. The molecular formula is C12H11BrN2O4S. The van der Waals surface area contributed by atoms with Crippen LogP contribution < -0.4 is 10.5 Å². The number of carbonyl (C=O) groups is 1. The van der Waals surface area contributed by atoms with E-state index in [-0.39, 0.29) is 4.90 Å². The van der Waals surface area contributed by atoms with E-state index in [0.29, 0.717) is 21.5 Å². The maximum atomic E-state index is 12.0. The highest BCUT2D eigenvalue weighted by atomic mass is 79.9. The summed E-state index contributed by atoms with van der Waals surface area (Å²) in [5, 5.41) is 7.68. The predicted molar refractivity (Wildman–Crippen MR) is 76.9 cm³/mol. The van der Waals surface area contributed by atoms with Gasteiger partial charge in [0.15, 0.2) is 4.67 Å². The van der Waals surface area contributed by atoms with Gasteiger partial charge in [0.05, 0.1) is 16.7 Å². The lowest BCUT2D eigenvalue weighted by Crippen LogP contribution is -2.15. The quantitative estimate of drug-likeness (QED) is 0.877. The smallest absolute Gasteiger partial charge is 0.260 e. The molecule has 2 aromatic rings. The largest absolute Gasteiger partial charge is 0.457 e. The van der Waals surface area contributed by atoms with E-state index in [1.165, 1.54) is 24.5 Å². The second-order valence-electron chi connectivity index (χ2n) is 4.08. The average molecular weight is 359 g/mol. The number of amides is 1. The van der Waals surface area contributed by atoms with Crippen molar-refractivity contribution in [2.24, 2.45) is 5.14 Å². The molecule has 1 aromatic carbocycles. The van der Waals surface area contributed by atoms with Crippen molar-refractivity contribution in [2.45, 2.75) is 11.8 Å². The number of benzene rings is 1. The second-order valence-corrected chi connectivity index (χ2v) is 6.37. The predicted octanol–water partition coefficient (Wildman–Crippen LogP) is 2.25. The van der Waals surface area contributed by atoms with Gasteiger partial charge in [0.1, 0.15) is 0 Å². The second kappa shape index (κ2) is 5.39. The number of anilines is 1. The van der Waals surface area contributed by atoms with Crippen LogP contribution in [-0.4, -0.2) is 14.3 Å². The van der Waals surface area contributed by atoms with Crippen molar-refractivity contribution in [2.75, 3.05) is 5.32 Å². The van der Waals surface area contributed by atoms with Gasteiger partial charge < -0.3 is 9.73 Å². The van der Waals surface area contributed by atoms with Crippen molar-refractivity contribution in [1.82, 2.24) is 0 Å². The number of hydrogen-bond acceptors (Lipinski definition) is 4. The summed E-state index contributed by atoms with van der Waals surface area (Å²) >= 11 is 3.10. The first-order valence-corrected chi connectivity index (χ1v) is 7.81. The number of primary sulfonamides is 1. The summed E-state index contributed by atoms with van der Waals surface area (Å²) in [6.07, 6.45) is 1.37. The molecular weight excluding hydrogens is 348 g/mol. The number of aryl methyl sites for hydroxylation is 1. The van der Waals surface area contributed by atoms with Crippen molar-refractivity contribution in [1.29, 1.82) is 0 Å². The van der Waals surface area contributed by atoms with Crippen molar-refractivity contribution in [3.63, 3.8) is 0 Å². The van der Waals surface area contributed by atoms with Crippen LogP contribution in [0.2, 0.25) is 0 Å². The van der Waals surface area contributed by atoms with E-state index in [1.807, 2.05) is 0 Å². The lowest BCUT2D eigenvalue weighted by Gasteiger charge is -2.09. The van der Waals surface area contributed by atoms with Gasteiger partial charge in [0, 0.05) is 5.69 Å². The SMILES string of the molecule is Cc1ccc(S(N)(=O)=O)cc1NC(=O)c1ccoc1Br. The summed E-state index contributed by atoms with van der Waals surface area (Å²) in [5.41, 5.74) is 1.39. The monoisotopic (exact) mass is 358 g/mol. The number of nitrogens with two attached hydrogens (primary N) is 1. The Morgan fingerprint density at radius 2 is 2.05 bits per heavy atom. The normalized spacial score (nSPS) is 11.3. The van der Waals surface area contributed by atoms with Gasteiger partial charge >= 0.3 is 0 Å². The molecule has 8 heteroatoms. The van der Waals surface area contributed by atoms with Crippen LogP contribution in [0.15, 0.2) is 44.5 Å². The van der Waals surface area contributed by atoms with Crippen LogP contribution in [0.3, 0.4) is 0 Å². The zero-order valence-electron chi connectivity index (χ0n) is 10.4. The van der Waals surface area contributed by atoms with Gasteiger partial charge in [-0.25, -0.2) is 13.6 Å². The van der Waals surface area contributed by atoms with E-state index in [4.69, 9.17) is 9.56 Å². The van der Waals surface area contributed by atoms with E-state index in [0.717, 1.165) is 0 Å². The van der Waals surface area contributed by atoms with E-state index in [9.17, 15) is 13.2 Å². The standard InChI is InChI=1S/C12H11BrN2O4S/c1-7-2-3-8(20(14,17)18)6-10(7)15-12(16)9-4-5-19-11(9)13/h2-6H,1H3,(H,15,16)(H2,14,17,18). The van der Waals surface area contributed by atoms with Crippen LogP contribution in [0.5, 0.6) is 0 Å². The maximum Gasteiger partial charge on any atom is 0.260 e. The highest BCUT2D eigenvalue weighted by molar-refractivity contribution is 9.10. The minimum absolute atomic E-state index is 0.0651. The average Bonchev–Trinajstić information content (AvgIpc) is 2.77. The molecule has 1 aromatic heterocycles. The number of sulfonamides is 1. The zero-order valence-corrected chi connectivity index (χ0v) is 12.8. The third-order valence-corrected chi connectivity index (χ3v) is 4.17. The van der Waals surface area contributed by atoms with Crippen LogP contribution in [0.25, 0.3) is 0 Å². The molecule has 20 heavy (non-hydrogen) atoms.